The molecule has 0 bridgehead atoms. The van der Waals surface area contributed by atoms with Crippen LogP contribution in [-0.2, 0) is 11.2 Å². The molecular formula is C19H30N2OS. The first kappa shape index (κ1) is 17.0. The molecule has 3 nitrogen and oxygen atoms in total. The van der Waals surface area contributed by atoms with Gasteiger partial charge in [0.05, 0.1) is 12.6 Å². The van der Waals surface area contributed by atoms with E-state index < -0.39 is 0 Å². The van der Waals surface area contributed by atoms with Gasteiger partial charge in [0.25, 0.3) is 0 Å². The molecule has 0 aromatic carbocycles. The molecule has 1 aromatic rings. The van der Waals surface area contributed by atoms with Crippen LogP contribution in [0.3, 0.4) is 0 Å². The van der Waals surface area contributed by atoms with Gasteiger partial charge in [-0.25, -0.2) is 0 Å². The number of nitrogens with zero attached hydrogens (tertiary/aromatic N) is 2. The lowest BCUT2D eigenvalue weighted by Gasteiger charge is -2.37. The first-order chi connectivity index (χ1) is 11.2. The van der Waals surface area contributed by atoms with E-state index in [4.69, 9.17) is 0 Å². The molecule has 3 rings (SSSR count). The molecule has 2 aliphatic rings. The van der Waals surface area contributed by atoms with Gasteiger partial charge in [-0.15, -0.1) is 11.3 Å². The fraction of sp³-hybridized carbons (Fsp3) is 0.737. The number of carbonyl (C=O) groups excluding carboxylic acids is 1. The second-order valence-electron chi connectivity index (χ2n) is 7.12. The molecule has 0 N–H and O–H groups in total. The van der Waals surface area contributed by atoms with Gasteiger partial charge in [0.1, 0.15) is 0 Å². The summed E-state index contributed by atoms with van der Waals surface area (Å²) < 4.78 is 0. The highest BCUT2D eigenvalue weighted by Crippen LogP contribution is 2.35. The van der Waals surface area contributed by atoms with Crippen LogP contribution in [0.4, 0.5) is 0 Å². The monoisotopic (exact) mass is 334 g/mol. The lowest BCUT2D eigenvalue weighted by atomic mass is 9.97. The van der Waals surface area contributed by atoms with Crippen LogP contribution in [0.1, 0.15) is 68.4 Å². The molecule has 1 unspecified atom stereocenters. The average Bonchev–Trinajstić information content (AvgIpc) is 2.86. The van der Waals surface area contributed by atoms with E-state index in [1.165, 1.54) is 49.0 Å². The summed E-state index contributed by atoms with van der Waals surface area (Å²) >= 11 is 1.85. The van der Waals surface area contributed by atoms with Gasteiger partial charge in [-0.3, -0.25) is 9.69 Å². The Balaban J connectivity index is 1.63. The minimum Gasteiger partial charge on any atom is -0.334 e. The SMILES string of the molecule is CCC1c2ccsc2CCN1C(=O)CN(C)C1CCCCCC1. The lowest BCUT2D eigenvalue weighted by Crippen LogP contribution is -2.46. The van der Waals surface area contributed by atoms with E-state index in [0.29, 0.717) is 24.5 Å². The molecule has 0 saturated heterocycles. The fourth-order valence-electron chi connectivity index (χ4n) is 4.27. The van der Waals surface area contributed by atoms with Crippen LogP contribution >= 0.6 is 11.3 Å². The summed E-state index contributed by atoms with van der Waals surface area (Å²) in [5, 5.41) is 2.18. The van der Waals surface area contributed by atoms with Crippen molar-refractivity contribution in [2.75, 3.05) is 20.1 Å². The normalized spacial score (nSPS) is 22.9. The van der Waals surface area contributed by atoms with E-state index in [-0.39, 0.29) is 0 Å². The van der Waals surface area contributed by atoms with Crippen LogP contribution in [0.15, 0.2) is 11.4 Å². The summed E-state index contributed by atoms with van der Waals surface area (Å²) in [6.07, 6.45) is 9.94. The highest BCUT2D eigenvalue weighted by Gasteiger charge is 2.31. The zero-order valence-corrected chi connectivity index (χ0v) is 15.4. The number of carbonyl (C=O) groups is 1. The van der Waals surface area contributed by atoms with Crippen molar-refractivity contribution in [2.45, 2.75) is 70.4 Å². The number of amides is 1. The number of thiophene rings is 1. The van der Waals surface area contributed by atoms with Crippen molar-refractivity contribution >= 4 is 17.2 Å². The maximum absolute atomic E-state index is 12.9. The summed E-state index contributed by atoms with van der Waals surface area (Å²) in [4.78, 5) is 18.9. The highest BCUT2D eigenvalue weighted by atomic mass is 32.1. The first-order valence-corrected chi connectivity index (χ1v) is 10.1. The second kappa shape index (κ2) is 7.80. The van der Waals surface area contributed by atoms with Gasteiger partial charge >= 0.3 is 0 Å². The van der Waals surface area contributed by atoms with Crippen molar-refractivity contribution in [2.24, 2.45) is 0 Å². The van der Waals surface area contributed by atoms with Crippen molar-refractivity contribution in [3.63, 3.8) is 0 Å². The van der Waals surface area contributed by atoms with E-state index in [1.54, 1.807) is 0 Å². The van der Waals surface area contributed by atoms with Crippen LogP contribution in [0.2, 0.25) is 0 Å². The molecule has 0 radical (unpaired) electrons. The minimum atomic E-state index is 0.292. The maximum Gasteiger partial charge on any atom is 0.237 e. The van der Waals surface area contributed by atoms with Crippen molar-refractivity contribution < 1.29 is 4.79 Å². The molecule has 1 fully saturated rings. The van der Waals surface area contributed by atoms with E-state index in [1.807, 2.05) is 11.3 Å². The lowest BCUT2D eigenvalue weighted by molar-refractivity contribution is -0.135. The summed E-state index contributed by atoms with van der Waals surface area (Å²) in [6, 6.07) is 3.12. The van der Waals surface area contributed by atoms with E-state index in [2.05, 4.69) is 35.2 Å². The second-order valence-corrected chi connectivity index (χ2v) is 8.12. The Bertz CT molecular complexity index is 519. The fourth-order valence-corrected chi connectivity index (χ4v) is 5.20. The van der Waals surface area contributed by atoms with Crippen LogP contribution in [0, 0.1) is 0 Å². The summed E-state index contributed by atoms with van der Waals surface area (Å²) in [7, 11) is 2.15. The molecule has 23 heavy (non-hydrogen) atoms. The number of hydrogen-bond acceptors (Lipinski definition) is 3. The van der Waals surface area contributed by atoms with E-state index in [0.717, 1.165) is 19.4 Å². The topological polar surface area (TPSA) is 23.6 Å². The number of hydrogen-bond donors (Lipinski definition) is 0. The molecule has 0 spiro atoms. The van der Waals surface area contributed by atoms with Gasteiger partial charge in [0, 0.05) is 17.5 Å². The Morgan fingerprint density at radius 1 is 1.30 bits per heavy atom. The predicted molar refractivity (Wildman–Crippen MR) is 96.9 cm³/mol. The minimum absolute atomic E-state index is 0.292. The standard InChI is InChI=1S/C19H30N2OS/c1-3-17-16-11-13-23-18(16)10-12-21(17)19(22)14-20(2)15-8-6-4-5-7-9-15/h11,13,15,17H,3-10,12,14H2,1-2H3. The number of likely N-dealkylation sites (N-methyl/N-ethyl adjacent to an activating group) is 1. The quantitative estimate of drug-likeness (QED) is 0.769. The molecule has 1 atom stereocenters. The van der Waals surface area contributed by atoms with Gasteiger partial charge in [0.15, 0.2) is 0 Å². The third-order valence-electron chi connectivity index (χ3n) is 5.63. The molecular weight excluding hydrogens is 304 g/mol. The van der Waals surface area contributed by atoms with Crippen molar-refractivity contribution in [3.8, 4) is 0 Å². The van der Waals surface area contributed by atoms with E-state index >= 15 is 0 Å². The molecule has 1 amide bonds. The van der Waals surface area contributed by atoms with Gasteiger partial charge in [-0.1, -0.05) is 32.6 Å². The van der Waals surface area contributed by atoms with Gasteiger partial charge in [0.2, 0.25) is 5.91 Å². The van der Waals surface area contributed by atoms with E-state index in [9.17, 15) is 4.79 Å². The van der Waals surface area contributed by atoms with Crippen molar-refractivity contribution in [1.29, 1.82) is 0 Å². The smallest absolute Gasteiger partial charge is 0.237 e. The molecule has 4 heteroatoms. The Hall–Kier alpha value is -0.870. The van der Waals surface area contributed by atoms with Gasteiger partial charge in [-0.05, 0) is 49.7 Å². The van der Waals surface area contributed by atoms with Gasteiger partial charge < -0.3 is 4.90 Å². The number of rotatable bonds is 4. The highest BCUT2D eigenvalue weighted by molar-refractivity contribution is 7.10. The zero-order valence-electron chi connectivity index (χ0n) is 14.6. The summed E-state index contributed by atoms with van der Waals surface area (Å²) in [6.45, 7) is 3.68. The first-order valence-electron chi connectivity index (χ1n) is 9.26. The Morgan fingerprint density at radius 2 is 2.04 bits per heavy atom. The molecule has 1 aromatic heterocycles. The Labute approximate surface area is 144 Å². The third kappa shape index (κ3) is 3.80. The van der Waals surface area contributed by atoms with Crippen LogP contribution < -0.4 is 0 Å². The molecule has 1 saturated carbocycles. The molecule has 1 aliphatic heterocycles. The van der Waals surface area contributed by atoms with Crippen molar-refractivity contribution in [3.05, 3.63) is 21.9 Å². The average molecular weight is 335 g/mol. The maximum atomic E-state index is 12.9. The largest absolute Gasteiger partial charge is 0.334 e. The summed E-state index contributed by atoms with van der Waals surface area (Å²) in [5.41, 5.74) is 1.40. The van der Waals surface area contributed by atoms with Crippen LogP contribution in [0.25, 0.3) is 0 Å². The Morgan fingerprint density at radius 3 is 2.74 bits per heavy atom. The van der Waals surface area contributed by atoms with Crippen LogP contribution in [0.5, 0.6) is 0 Å². The summed E-state index contributed by atoms with van der Waals surface area (Å²) in [5.74, 6) is 0.320. The predicted octanol–water partition coefficient (Wildman–Crippen LogP) is 4.24. The zero-order chi connectivity index (χ0) is 16.2. The van der Waals surface area contributed by atoms with Gasteiger partial charge in [-0.2, -0.15) is 0 Å². The number of fused-ring (bicyclic) bond motifs is 1. The molecule has 128 valence electrons. The Kier molecular flexibility index (Phi) is 5.76. The van der Waals surface area contributed by atoms with Crippen molar-refractivity contribution in [1.82, 2.24) is 9.80 Å². The molecule has 1 aliphatic carbocycles. The third-order valence-corrected chi connectivity index (χ3v) is 6.63. The van der Waals surface area contributed by atoms with Crippen LogP contribution in [-0.4, -0.2) is 41.9 Å². The molecule has 2 heterocycles.